The van der Waals surface area contributed by atoms with Gasteiger partial charge in [-0.15, -0.1) is 0 Å². The highest BCUT2D eigenvalue weighted by Crippen LogP contribution is 2.24. The molecule has 0 bridgehead atoms. The molecule has 0 saturated heterocycles. The standard InChI is InChI=1S/C14H25N3/c1-11(14(2,3)4)17(6)10-12-7-8-13(15-5)16-9-12/h7-9,11H,10H2,1-6H3,(H,15,16). The lowest BCUT2D eigenvalue weighted by Gasteiger charge is -2.35. The van der Waals surface area contributed by atoms with Gasteiger partial charge in [-0.05, 0) is 31.0 Å². The second kappa shape index (κ2) is 5.50. The summed E-state index contributed by atoms with van der Waals surface area (Å²) in [5.41, 5.74) is 1.55. The molecule has 0 aliphatic carbocycles. The van der Waals surface area contributed by atoms with Gasteiger partial charge in [0.2, 0.25) is 0 Å². The van der Waals surface area contributed by atoms with Gasteiger partial charge in [-0.1, -0.05) is 26.8 Å². The number of hydrogen-bond donors (Lipinski definition) is 1. The van der Waals surface area contributed by atoms with Crippen LogP contribution >= 0.6 is 0 Å². The van der Waals surface area contributed by atoms with E-state index in [9.17, 15) is 0 Å². The highest BCUT2D eigenvalue weighted by Gasteiger charge is 2.23. The summed E-state index contributed by atoms with van der Waals surface area (Å²) in [6.07, 6.45) is 1.94. The summed E-state index contributed by atoms with van der Waals surface area (Å²) in [7, 11) is 4.05. The topological polar surface area (TPSA) is 28.2 Å². The van der Waals surface area contributed by atoms with Crippen molar-refractivity contribution >= 4 is 5.82 Å². The van der Waals surface area contributed by atoms with Crippen molar-refractivity contribution < 1.29 is 0 Å². The number of pyridine rings is 1. The summed E-state index contributed by atoms with van der Waals surface area (Å²) in [4.78, 5) is 6.71. The normalized spacial score (nSPS) is 13.8. The Balaban J connectivity index is 2.64. The molecule has 1 aromatic rings. The van der Waals surface area contributed by atoms with Crippen LogP contribution in [0.3, 0.4) is 0 Å². The third-order valence-corrected chi connectivity index (χ3v) is 3.43. The van der Waals surface area contributed by atoms with Gasteiger partial charge in [0.05, 0.1) is 0 Å². The maximum absolute atomic E-state index is 4.33. The van der Waals surface area contributed by atoms with Gasteiger partial charge in [-0.3, -0.25) is 4.90 Å². The van der Waals surface area contributed by atoms with Crippen molar-refractivity contribution in [1.82, 2.24) is 9.88 Å². The highest BCUT2D eigenvalue weighted by molar-refractivity contribution is 5.34. The summed E-state index contributed by atoms with van der Waals surface area (Å²) in [5, 5.41) is 3.03. The summed E-state index contributed by atoms with van der Waals surface area (Å²) >= 11 is 0. The molecule has 17 heavy (non-hydrogen) atoms. The third-order valence-electron chi connectivity index (χ3n) is 3.43. The number of nitrogens with zero attached hydrogens (tertiary/aromatic N) is 2. The van der Waals surface area contributed by atoms with Crippen molar-refractivity contribution in [3.8, 4) is 0 Å². The summed E-state index contributed by atoms with van der Waals surface area (Å²) in [6, 6.07) is 4.68. The molecule has 0 aliphatic heterocycles. The zero-order valence-electron chi connectivity index (χ0n) is 11.9. The Labute approximate surface area is 105 Å². The molecule has 1 rings (SSSR count). The van der Waals surface area contributed by atoms with Crippen molar-refractivity contribution in [2.24, 2.45) is 5.41 Å². The van der Waals surface area contributed by atoms with Crippen molar-refractivity contribution in [3.05, 3.63) is 23.9 Å². The monoisotopic (exact) mass is 235 g/mol. The lowest BCUT2D eigenvalue weighted by atomic mass is 9.87. The Hall–Kier alpha value is -1.09. The first kappa shape index (κ1) is 14.0. The molecule has 0 aromatic carbocycles. The highest BCUT2D eigenvalue weighted by atomic mass is 15.1. The van der Waals surface area contributed by atoms with Crippen molar-refractivity contribution in [1.29, 1.82) is 0 Å². The predicted molar refractivity (Wildman–Crippen MR) is 74.2 cm³/mol. The smallest absolute Gasteiger partial charge is 0.125 e. The van der Waals surface area contributed by atoms with Gasteiger partial charge in [0.1, 0.15) is 5.82 Å². The van der Waals surface area contributed by atoms with E-state index in [0.29, 0.717) is 11.5 Å². The fourth-order valence-electron chi connectivity index (χ4n) is 1.75. The summed E-state index contributed by atoms with van der Waals surface area (Å²) in [5.74, 6) is 0.917. The number of nitrogens with one attached hydrogen (secondary N) is 1. The number of hydrogen-bond acceptors (Lipinski definition) is 3. The van der Waals surface area contributed by atoms with Gasteiger partial charge in [-0.2, -0.15) is 0 Å². The van der Waals surface area contributed by atoms with Gasteiger partial charge in [0.25, 0.3) is 0 Å². The van der Waals surface area contributed by atoms with Crippen LogP contribution in [0.5, 0.6) is 0 Å². The SMILES string of the molecule is CNc1ccc(CN(C)C(C)C(C)(C)C)cn1. The minimum atomic E-state index is 0.299. The minimum absolute atomic E-state index is 0.299. The van der Waals surface area contributed by atoms with Crippen LogP contribution in [0, 0.1) is 5.41 Å². The molecule has 0 amide bonds. The predicted octanol–water partition coefficient (Wildman–Crippen LogP) is 2.99. The molecule has 0 fully saturated rings. The Bertz CT molecular complexity index is 337. The first-order chi connectivity index (χ1) is 7.84. The van der Waals surface area contributed by atoms with Crippen molar-refractivity contribution in [2.75, 3.05) is 19.4 Å². The zero-order valence-corrected chi connectivity index (χ0v) is 11.9. The average molecular weight is 235 g/mol. The number of anilines is 1. The van der Waals surface area contributed by atoms with E-state index in [1.54, 1.807) is 0 Å². The average Bonchev–Trinajstić information content (AvgIpc) is 2.27. The molecule has 1 aromatic heterocycles. The second-order valence-electron chi connectivity index (χ2n) is 5.76. The largest absolute Gasteiger partial charge is 0.373 e. The van der Waals surface area contributed by atoms with E-state index in [0.717, 1.165) is 12.4 Å². The van der Waals surface area contributed by atoms with E-state index in [2.05, 4.69) is 56.0 Å². The fourth-order valence-corrected chi connectivity index (χ4v) is 1.75. The molecular weight excluding hydrogens is 210 g/mol. The van der Waals surface area contributed by atoms with E-state index in [1.165, 1.54) is 5.56 Å². The van der Waals surface area contributed by atoms with Crippen LogP contribution in [-0.2, 0) is 6.54 Å². The second-order valence-corrected chi connectivity index (χ2v) is 5.76. The van der Waals surface area contributed by atoms with E-state index in [-0.39, 0.29) is 0 Å². The zero-order chi connectivity index (χ0) is 13.1. The van der Waals surface area contributed by atoms with Crippen LogP contribution in [0.2, 0.25) is 0 Å². The Kier molecular flexibility index (Phi) is 4.52. The van der Waals surface area contributed by atoms with Crippen LogP contribution in [0.1, 0.15) is 33.3 Å². The molecule has 3 nitrogen and oxygen atoms in total. The lowest BCUT2D eigenvalue weighted by Crippen LogP contribution is -2.38. The van der Waals surface area contributed by atoms with Gasteiger partial charge in [0, 0.05) is 25.8 Å². The maximum atomic E-state index is 4.33. The lowest BCUT2D eigenvalue weighted by molar-refractivity contribution is 0.134. The van der Waals surface area contributed by atoms with E-state index < -0.39 is 0 Å². The third kappa shape index (κ3) is 4.00. The van der Waals surface area contributed by atoms with Crippen molar-refractivity contribution in [2.45, 2.75) is 40.3 Å². The van der Waals surface area contributed by atoms with Gasteiger partial charge >= 0.3 is 0 Å². The minimum Gasteiger partial charge on any atom is -0.373 e. The van der Waals surface area contributed by atoms with Crippen LogP contribution in [0.15, 0.2) is 18.3 Å². The van der Waals surface area contributed by atoms with E-state index in [4.69, 9.17) is 0 Å². The molecule has 1 heterocycles. The Morgan fingerprint density at radius 2 is 2.00 bits per heavy atom. The Morgan fingerprint density at radius 3 is 2.41 bits per heavy atom. The quantitative estimate of drug-likeness (QED) is 0.869. The first-order valence-corrected chi connectivity index (χ1v) is 6.17. The number of aromatic nitrogens is 1. The van der Waals surface area contributed by atoms with Crippen LogP contribution in [0.25, 0.3) is 0 Å². The van der Waals surface area contributed by atoms with Crippen LogP contribution < -0.4 is 5.32 Å². The van der Waals surface area contributed by atoms with Gasteiger partial charge in [-0.25, -0.2) is 4.98 Å². The fraction of sp³-hybridized carbons (Fsp3) is 0.643. The van der Waals surface area contributed by atoms with Crippen molar-refractivity contribution in [3.63, 3.8) is 0 Å². The molecule has 1 unspecified atom stereocenters. The molecule has 1 atom stereocenters. The molecule has 1 N–H and O–H groups in total. The maximum Gasteiger partial charge on any atom is 0.125 e. The van der Waals surface area contributed by atoms with Gasteiger partial charge < -0.3 is 5.32 Å². The van der Waals surface area contributed by atoms with Crippen LogP contribution in [0.4, 0.5) is 5.82 Å². The van der Waals surface area contributed by atoms with E-state index >= 15 is 0 Å². The summed E-state index contributed by atoms with van der Waals surface area (Å²) < 4.78 is 0. The Morgan fingerprint density at radius 1 is 1.35 bits per heavy atom. The van der Waals surface area contributed by atoms with E-state index in [1.807, 2.05) is 19.3 Å². The first-order valence-electron chi connectivity index (χ1n) is 6.17. The van der Waals surface area contributed by atoms with Crippen LogP contribution in [-0.4, -0.2) is 30.0 Å². The molecule has 96 valence electrons. The molecule has 3 heteroatoms. The molecule has 0 radical (unpaired) electrons. The van der Waals surface area contributed by atoms with Gasteiger partial charge in [0.15, 0.2) is 0 Å². The molecule has 0 saturated carbocycles. The molecular formula is C14H25N3. The number of rotatable bonds is 4. The molecule has 0 aliphatic rings. The molecule has 0 spiro atoms. The summed E-state index contributed by atoms with van der Waals surface area (Å²) in [6.45, 7) is 10.0.